The normalized spacial score (nSPS) is 43.7. The molecule has 1 saturated heterocycles. The molecule has 3 rings (SSSR count). The van der Waals surface area contributed by atoms with Crippen LogP contribution in [0.15, 0.2) is 0 Å². The van der Waals surface area contributed by atoms with Crippen LogP contribution < -0.4 is 0 Å². The van der Waals surface area contributed by atoms with Crippen molar-refractivity contribution in [1.82, 2.24) is 0 Å². The fourth-order valence-corrected chi connectivity index (χ4v) is 7.54. The molecule has 1 aliphatic heterocycles. The number of carbonyl (C=O) groups excluding carboxylic acids is 2. The van der Waals surface area contributed by atoms with E-state index in [-0.39, 0.29) is 23.4 Å². The summed E-state index contributed by atoms with van der Waals surface area (Å²) in [5.74, 6) is -0.329. The topological polar surface area (TPSA) is 82.1 Å². The molecule has 172 valence electrons. The zero-order chi connectivity index (χ0) is 22.5. The van der Waals surface area contributed by atoms with Gasteiger partial charge >= 0.3 is 11.9 Å². The van der Waals surface area contributed by atoms with E-state index < -0.39 is 35.3 Å². The van der Waals surface area contributed by atoms with Gasteiger partial charge in [-0.15, -0.1) is 0 Å². The SMILES string of the molecule is CC(=O)OCC(OC(C)=O)C1(C)CC(O)C2C(C)(CCC3C(C)(C)CCCC32C)O1. The van der Waals surface area contributed by atoms with Gasteiger partial charge in [-0.25, -0.2) is 0 Å². The highest BCUT2D eigenvalue weighted by Gasteiger charge is 2.65. The van der Waals surface area contributed by atoms with Crippen LogP contribution >= 0.6 is 0 Å². The minimum absolute atomic E-state index is 0.00229. The van der Waals surface area contributed by atoms with Crippen LogP contribution in [0.25, 0.3) is 0 Å². The van der Waals surface area contributed by atoms with Gasteiger partial charge in [-0.3, -0.25) is 9.59 Å². The molecule has 6 heteroatoms. The third-order valence-electron chi connectivity index (χ3n) is 8.47. The van der Waals surface area contributed by atoms with Crippen molar-refractivity contribution in [2.24, 2.45) is 22.7 Å². The van der Waals surface area contributed by atoms with E-state index in [1.807, 2.05) is 6.92 Å². The summed E-state index contributed by atoms with van der Waals surface area (Å²) in [6.45, 7) is 13.6. The average molecular weight is 425 g/mol. The summed E-state index contributed by atoms with van der Waals surface area (Å²) < 4.78 is 17.5. The number of carbonyl (C=O) groups is 2. The molecule has 7 atom stereocenters. The van der Waals surface area contributed by atoms with Crippen LogP contribution in [0, 0.1) is 22.7 Å². The Bertz CT molecular complexity index is 689. The molecular weight excluding hydrogens is 384 g/mol. The lowest BCUT2D eigenvalue weighted by atomic mass is 9.44. The van der Waals surface area contributed by atoms with Crippen molar-refractivity contribution in [3.8, 4) is 0 Å². The molecular formula is C24H40O6. The maximum Gasteiger partial charge on any atom is 0.303 e. The molecule has 3 fully saturated rings. The second-order valence-corrected chi connectivity index (χ2v) is 11.3. The Morgan fingerprint density at radius 1 is 1.07 bits per heavy atom. The average Bonchev–Trinajstić information content (AvgIpc) is 2.55. The lowest BCUT2D eigenvalue weighted by Crippen LogP contribution is -2.69. The molecule has 6 nitrogen and oxygen atoms in total. The Labute approximate surface area is 181 Å². The summed E-state index contributed by atoms with van der Waals surface area (Å²) >= 11 is 0. The largest absolute Gasteiger partial charge is 0.462 e. The molecule has 2 aliphatic carbocycles. The lowest BCUT2D eigenvalue weighted by Gasteiger charge is -2.66. The van der Waals surface area contributed by atoms with Crippen LogP contribution in [0.4, 0.5) is 0 Å². The smallest absolute Gasteiger partial charge is 0.303 e. The molecule has 1 N–H and O–H groups in total. The summed E-state index contributed by atoms with van der Waals surface area (Å²) in [6, 6.07) is 0. The number of esters is 2. The van der Waals surface area contributed by atoms with Crippen LogP contribution in [0.1, 0.15) is 87.0 Å². The van der Waals surface area contributed by atoms with Gasteiger partial charge in [0.05, 0.1) is 11.7 Å². The first-order valence-corrected chi connectivity index (χ1v) is 11.4. The molecule has 2 saturated carbocycles. The second kappa shape index (κ2) is 7.77. The molecule has 0 aromatic heterocycles. The molecule has 3 aliphatic rings. The Balaban J connectivity index is 1.92. The molecule has 0 spiro atoms. The third-order valence-corrected chi connectivity index (χ3v) is 8.47. The number of fused-ring (bicyclic) bond motifs is 3. The van der Waals surface area contributed by atoms with E-state index in [2.05, 4.69) is 27.7 Å². The Kier molecular flexibility index (Phi) is 6.09. The molecule has 0 radical (unpaired) electrons. The molecule has 0 bridgehead atoms. The number of aliphatic hydroxyl groups is 1. The van der Waals surface area contributed by atoms with Gasteiger partial charge < -0.3 is 19.3 Å². The number of rotatable bonds is 4. The predicted octanol–water partition coefficient (Wildman–Crippen LogP) is 4.02. The van der Waals surface area contributed by atoms with Crippen molar-refractivity contribution in [3.05, 3.63) is 0 Å². The van der Waals surface area contributed by atoms with E-state index in [4.69, 9.17) is 14.2 Å². The molecule has 7 unspecified atom stereocenters. The van der Waals surface area contributed by atoms with Crippen molar-refractivity contribution < 1.29 is 28.9 Å². The predicted molar refractivity (Wildman–Crippen MR) is 113 cm³/mol. The third kappa shape index (κ3) is 4.02. The summed E-state index contributed by atoms with van der Waals surface area (Å²) in [7, 11) is 0. The van der Waals surface area contributed by atoms with Gasteiger partial charge in [0, 0.05) is 26.2 Å². The number of aliphatic hydroxyl groups excluding tert-OH is 1. The first-order chi connectivity index (χ1) is 13.7. The van der Waals surface area contributed by atoms with E-state index in [1.165, 1.54) is 26.7 Å². The lowest BCUT2D eigenvalue weighted by molar-refractivity contribution is -0.315. The van der Waals surface area contributed by atoms with E-state index in [1.54, 1.807) is 0 Å². The summed E-state index contributed by atoms with van der Waals surface area (Å²) in [5.41, 5.74) is -1.20. The number of ether oxygens (including phenoxy) is 3. The summed E-state index contributed by atoms with van der Waals surface area (Å²) in [5, 5.41) is 11.5. The maximum absolute atomic E-state index is 11.8. The molecule has 0 amide bonds. The quantitative estimate of drug-likeness (QED) is 0.687. The maximum atomic E-state index is 11.8. The minimum Gasteiger partial charge on any atom is -0.462 e. The van der Waals surface area contributed by atoms with Gasteiger partial charge in [-0.2, -0.15) is 0 Å². The van der Waals surface area contributed by atoms with Crippen LogP contribution in [0.2, 0.25) is 0 Å². The molecule has 30 heavy (non-hydrogen) atoms. The standard InChI is InChI=1S/C24H40O6/c1-15(25)28-14-19(29-16(2)26)24(7)13-17(27)20-22(5)11-8-10-21(3,4)18(22)9-12-23(20,6)30-24/h17-20,27H,8-14H2,1-7H3. The van der Waals surface area contributed by atoms with Crippen molar-refractivity contribution in [2.75, 3.05) is 6.61 Å². The Hall–Kier alpha value is -1.14. The first-order valence-electron chi connectivity index (χ1n) is 11.4. The number of hydrogen-bond acceptors (Lipinski definition) is 6. The van der Waals surface area contributed by atoms with Gasteiger partial charge in [0.25, 0.3) is 0 Å². The van der Waals surface area contributed by atoms with Gasteiger partial charge in [0.1, 0.15) is 12.2 Å². The van der Waals surface area contributed by atoms with E-state index >= 15 is 0 Å². The second-order valence-electron chi connectivity index (χ2n) is 11.3. The minimum atomic E-state index is -0.931. The summed E-state index contributed by atoms with van der Waals surface area (Å²) in [6.07, 6.45) is 4.40. The summed E-state index contributed by atoms with van der Waals surface area (Å²) in [4.78, 5) is 23.1. The van der Waals surface area contributed by atoms with E-state index in [0.29, 0.717) is 12.3 Å². The zero-order valence-electron chi connectivity index (χ0n) is 19.7. The van der Waals surface area contributed by atoms with Gasteiger partial charge in [0.2, 0.25) is 0 Å². The van der Waals surface area contributed by atoms with Crippen molar-refractivity contribution in [1.29, 1.82) is 0 Å². The van der Waals surface area contributed by atoms with Gasteiger partial charge in [0.15, 0.2) is 6.10 Å². The zero-order valence-corrected chi connectivity index (χ0v) is 19.7. The van der Waals surface area contributed by atoms with Crippen LogP contribution in [-0.2, 0) is 23.8 Å². The molecule has 1 heterocycles. The van der Waals surface area contributed by atoms with Crippen molar-refractivity contribution >= 4 is 11.9 Å². The van der Waals surface area contributed by atoms with E-state index in [9.17, 15) is 14.7 Å². The fourth-order valence-electron chi connectivity index (χ4n) is 7.54. The van der Waals surface area contributed by atoms with Gasteiger partial charge in [-0.1, -0.05) is 27.2 Å². The monoisotopic (exact) mass is 424 g/mol. The van der Waals surface area contributed by atoms with Gasteiger partial charge in [-0.05, 0) is 56.3 Å². The fraction of sp³-hybridized carbons (Fsp3) is 0.917. The van der Waals surface area contributed by atoms with Crippen LogP contribution in [0.3, 0.4) is 0 Å². The van der Waals surface area contributed by atoms with Crippen LogP contribution in [-0.4, -0.2) is 47.1 Å². The first kappa shape index (κ1) is 23.5. The van der Waals surface area contributed by atoms with E-state index in [0.717, 1.165) is 19.3 Å². The molecule has 0 aromatic rings. The number of hydrogen-bond donors (Lipinski definition) is 1. The highest BCUT2D eigenvalue weighted by Crippen LogP contribution is 2.65. The molecule has 0 aromatic carbocycles. The Morgan fingerprint density at radius 2 is 1.73 bits per heavy atom. The highest BCUT2D eigenvalue weighted by molar-refractivity contribution is 5.67. The Morgan fingerprint density at radius 3 is 2.33 bits per heavy atom. The van der Waals surface area contributed by atoms with Crippen LogP contribution in [0.5, 0.6) is 0 Å². The van der Waals surface area contributed by atoms with Crippen molar-refractivity contribution in [3.63, 3.8) is 0 Å². The van der Waals surface area contributed by atoms with Crippen molar-refractivity contribution in [2.45, 2.75) is 110 Å². The highest BCUT2D eigenvalue weighted by atomic mass is 16.6.